The lowest BCUT2D eigenvalue weighted by molar-refractivity contribution is -0.137. The molecule has 0 amide bonds. The summed E-state index contributed by atoms with van der Waals surface area (Å²) in [5.74, 6) is 0.341. The molecule has 1 N–H and O–H groups in total. The molecule has 0 aliphatic carbocycles. The maximum atomic E-state index is 13.2. The highest BCUT2D eigenvalue weighted by atomic mass is 79.9. The molecule has 0 bridgehead atoms. The highest BCUT2D eigenvalue weighted by Gasteiger charge is 2.33. The maximum absolute atomic E-state index is 13.2. The average molecular weight is 479 g/mol. The Morgan fingerprint density at radius 2 is 1.90 bits per heavy atom. The molecule has 1 aliphatic rings. The SMILES string of the molecule is CCC1CC(N(Cc2cc(C(F)F)cc(C(F)(F)F)c2)c2ncc(Br)cn2)CN1. The van der Waals surface area contributed by atoms with Gasteiger partial charge in [-0.3, -0.25) is 0 Å². The first kappa shape index (κ1) is 21.9. The zero-order valence-electron chi connectivity index (χ0n) is 15.6. The van der Waals surface area contributed by atoms with Crippen molar-refractivity contribution in [3.05, 3.63) is 51.8 Å². The van der Waals surface area contributed by atoms with Crippen LogP contribution in [0.2, 0.25) is 0 Å². The van der Waals surface area contributed by atoms with E-state index in [1.54, 1.807) is 17.3 Å². The van der Waals surface area contributed by atoms with Crippen molar-refractivity contribution in [2.45, 2.75) is 51.0 Å². The normalized spacial score (nSPS) is 19.7. The third-order valence-electron chi connectivity index (χ3n) is 4.94. The number of hydrogen-bond donors (Lipinski definition) is 1. The van der Waals surface area contributed by atoms with Crippen LogP contribution in [0.15, 0.2) is 35.1 Å². The summed E-state index contributed by atoms with van der Waals surface area (Å²) in [5, 5.41) is 3.36. The number of halogens is 6. The molecule has 3 rings (SSSR count). The molecule has 1 aromatic carbocycles. The van der Waals surface area contributed by atoms with Crippen LogP contribution in [0.3, 0.4) is 0 Å². The third-order valence-corrected chi connectivity index (χ3v) is 5.35. The first-order valence-electron chi connectivity index (χ1n) is 9.14. The van der Waals surface area contributed by atoms with Crippen molar-refractivity contribution in [2.75, 3.05) is 11.4 Å². The molecule has 1 fully saturated rings. The molecule has 2 heterocycles. The highest BCUT2D eigenvalue weighted by Crippen LogP contribution is 2.34. The molecule has 0 saturated carbocycles. The van der Waals surface area contributed by atoms with Crippen LogP contribution < -0.4 is 10.2 Å². The van der Waals surface area contributed by atoms with E-state index >= 15 is 0 Å². The summed E-state index contributed by atoms with van der Waals surface area (Å²) in [6.07, 6.45) is -2.94. The van der Waals surface area contributed by atoms with Gasteiger partial charge in [0.15, 0.2) is 0 Å². The van der Waals surface area contributed by atoms with Gasteiger partial charge in [-0.2, -0.15) is 13.2 Å². The highest BCUT2D eigenvalue weighted by molar-refractivity contribution is 9.10. The number of nitrogens with one attached hydrogen (secondary N) is 1. The van der Waals surface area contributed by atoms with Gasteiger partial charge in [-0.05, 0) is 52.5 Å². The number of hydrogen-bond acceptors (Lipinski definition) is 4. The van der Waals surface area contributed by atoms with Crippen molar-refractivity contribution in [3.8, 4) is 0 Å². The molecular weight excluding hydrogens is 459 g/mol. The molecule has 2 unspecified atom stereocenters. The summed E-state index contributed by atoms with van der Waals surface area (Å²) < 4.78 is 66.7. The maximum Gasteiger partial charge on any atom is 0.416 e. The number of anilines is 1. The number of rotatable bonds is 6. The Morgan fingerprint density at radius 3 is 2.45 bits per heavy atom. The van der Waals surface area contributed by atoms with Gasteiger partial charge < -0.3 is 10.2 Å². The van der Waals surface area contributed by atoms with E-state index in [1.807, 2.05) is 6.92 Å². The molecule has 158 valence electrons. The minimum absolute atomic E-state index is 0.00590. The molecular formula is C19H20BrF5N4. The topological polar surface area (TPSA) is 41.1 Å². The van der Waals surface area contributed by atoms with Crippen LogP contribution in [0, 0.1) is 0 Å². The molecule has 1 aromatic heterocycles. The smallest absolute Gasteiger partial charge is 0.332 e. The van der Waals surface area contributed by atoms with E-state index in [4.69, 9.17) is 0 Å². The number of alkyl halides is 5. The van der Waals surface area contributed by atoms with Crippen molar-refractivity contribution in [3.63, 3.8) is 0 Å². The average Bonchev–Trinajstić information content (AvgIpc) is 3.15. The third kappa shape index (κ3) is 5.42. The minimum atomic E-state index is -4.71. The van der Waals surface area contributed by atoms with Crippen LogP contribution in [0.1, 0.15) is 42.9 Å². The van der Waals surface area contributed by atoms with Crippen molar-refractivity contribution < 1.29 is 22.0 Å². The van der Waals surface area contributed by atoms with Crippen molar-refractivity contribution >= 4 is 21.9 Å². The Bertz CT molecular complexity index is 828. The minimum Gasteiger partial charge on any atom is -0.332 e. The van der Waals surface area contributed by atoms with E-state index in [-0.39, 0.29) is 24.2 Å². The second-order valence-corrected chi connectivity index (χ2v) is 7.91. The zero-order chi connectivity index (χ0) is 21.2. The van der Waals surface area contributed by atoms with E-state index in [0.717, 1.165) is 25.0 Å². The first-order valence-corrected chi connectivity index (χ1v) is 9.93. The molecule has 1 saturated heterocycles. The molecule has 4 nitrogen and oxygen atoms in total. The summed E-state index contributed by atoms with van der Waals surface area (Å²) in [4.78, 5) is 10.3. The van der Waals surface area contributed by atoms with Crippen LogP contribution in [0.5, 0.6) is 0 Å². The van der Waals surface area contributed by atoms with Gasteiger partial charge in [0.1, 0.15) is 0 Å². The van der Waals surface area contributed by atoms with Crippen molar-refractivity contribution in [2.24, 2.45) is 0 Å². The van der Waals surface area contributed by atoms with Crippen LogP contribution in [0.25, 0.3) is 0 Å². The Morgan fingerprint density at radius 1 is 1.21 bits per heavy atom. The molecule has 2 atom stereocenters. The van der Waals surface area contributed by atoms with Gasteiger partial charge in [-0.25, -0.2) is 18.7 Å². The predicted octanol–water partition coefficient (Wildman–Crippen LogP) is 5.34. The zero-order valence-corrected chi connectivity index (χ0v) is 17.1. The van der Waals surface area contributed by atoms with Gasteiger partial charge in [0.05, 0.1) is 10.0 Å². The van der Waals surface area contributed by atoms with Gasteiger partial charge in [0.25, 0.3) is 6.43 Å². The Kier molecular flexibility index (Phi) is 6.72. The number of nitrogens with zero attached hydrogens (tertiary/aromatic N) is 3. The van der Waals surface area contributed by atoms with Gasteiger partial charge in [-0.15, -0.1) is 0 Å². The number of aromatic nitrogens is 2. The van der Waals surface area contributed by atoms with Gasteiger partial charge >= 0.3 is 6.18 Å². The molecule has 2 aromatic rings. The molecule has 1 aliphatic heterocycles. The van der Waals surface area contributed by atoms with Crippen LogP contribution in [-0.4, -0.2) is 28.6 Å². The van der Waals surface area contributed by atoms with Crippen molar-refractivity contribution in [1.82, 2.24) is 15.3 Å². The summed E-state index contributed by atoms with van der Waals surface area (Å²) in [7, 11) is 0. The number of benzene rings is 1. The van der Waals surface area contributed by atoms with Gasteiger partial charge in [0.2, 0.25) is 5.95 Å². The van der Waals surface area contributed by atoms with E-state index in [9.17, 15) is 22.0 Å². The van der Waals surface area contributed by atoms with Crippen LogP contribution in [0.4, 0.5) is 27.9 Å². The predicted molar refractivity (Wildman–Crippen MR) is 103 cm³/mol. The van der Waals surface area contributed by atoms with E-state index in [0.29, 0.717) is 23.0 Å². The van der Waals surface area contributed by atoms with E-state index in [1.165, 1.54) is 0 Å². The molecule has 10 heteroatoms. The van der Waals surface area contributed by atoms with Crippen LogP contribution >= 0.6 is 15.9 Å². The van der Waals surface area contributed by atoms with Gasteiger partial charge in [0, 0.05) is 43.1 Å². The van der Waals surface area contributed by atoms with Gasteiger partial charge in [-0.1, -0.05) is 6.92 Å². The second-order valence-electron chi connectivity index (χ2n) is 6.99. The Hall–Kier alpha value is -1.81. The Balaban J connectivity index is 1.97. The second kappa shape index (κ2) is 8.91. The summed E-state index contributed by atoms with van der Waals surface area (Å²) in [5.41, 5.74) is -1.60. The first-order chi connectivity index (χ1) is 13.7. The Labute approximate surface area is 173 Å². The summed E-state index contributed by atoms with van der Waals surface area (Å²) >= 11 is 3.26. The summed E-state index contributed by atoms with van der Waals surface area (Å²) in [6, 6.07) is 2.74. The lowest BCUT2D eigenvalue weighted by Crippen LogP contribution is -2.37. The van der Waals surface area contributed by atoms with E-state index < -0.39 is 23.7 Å². The van der Waals surface area contributed by atoms with E-state index in [2.05, 4.69) is 31.2 Å². The van der Waals surface area contributed by atoms with Crippen LogP contribution in [-0.2, 0) is 12.7 Å². The quantitative estimate of drug-likeness (QED) is 0.568. The summed E-state index contributed by atoms with van der Waals surface area (Å²) in [6.45, 7) is 2.65. The standard InChI is InChI=1S/C19H20BrF5N4/c1-2-15-6-16(9-26-15)29(18-27-7-14(20)8-28-18)10-11-3-12(17(21)22)5-13(4-11)19(23,24)25/h3-5,7-8,15-17,26H,2,6,9-10H2,1H3. The fourth-order valence-electron chi connectivity index (χ4n) is 3.46. The molecule has 0 spiro atoms. The fourth-order valence-corrected chi connectivity index (χ4v) is 3.66. The lowest BCUT2D eigenvalue weighted by Gasteiger charge is -2.29. The molecule has 29 heavy (non-hydrogen) atoms. The monoisotopic (exact) mass is 478 g/mol. The largest absolute Gasteiger partial charge is 0.416 e. The van der Waals surface area contributed by atoms with Crippen molar-refractivity contribution in [1.29, 1.82) is 0 Å². The molecule has 0 radical (unpaired) electrons. The lowest BCUT2D eigenvalue weighted by atomic mass is 10.0. The fraction of sp³-hybridized carbons (Fsp3) is 0.474.